The van der Waals surface area contributed by atoms with Gasteiger partial charge in [-0.2, -0.15) is 0 Å². The van der Waals surface area contributed by atoms with E-state index in [2.05, 4.69) is 90.4 Å². The highest BCUT2D eigenvalue weighted by atomic mass is 15.2. The Morgan fingerprint density at radius 2 is 1.35 bits per heavy atom. The maximum atomic E-state index is 5.37. The van der Waals surface area contributed by atoms with Crippen molar-refractivity contribution in [3.05, 3.63) is 119 Å². The molecule has 0 aromatic carbocycles. The van der Waals surface area contributed by atoms with Gasteiger partial charge in [0.15, 0.2) is 6.17 Å². The van der Waals surface area contributed by atoms with Gasteiger partial charge in [-0.3, -0.25) is 4.99 Å². The fourth-order valence-corrected chi connectivity index (χ4v) is 11.0. The second-order valence-electron chi connectivity index (χ2n) is 17.6. The first-order chi connectivity index (χ1) is 26.7. The monoisotopic (exact) mass is 718 g/mol. The van der Waals surface area contributed by atoms with Gasteiger partial charge < -0.3 is 5.32 Å². The van der Waals surface area contributed by atoms with Gasteiger partial charge in [-0.15, -0.1) is 0 Å². The zero-order valence-corrected chi connectivity index (χ0v) is 32.6. The van der Waals surface area contributed by atoms with Gasteiger partial charge >= 0.3 is 0 Å². The Hall–Kier alpha value is -3.79. The van der Waals surface area contributed by atoms with Crippen LogP contribution in [0, 0.1) is 35.5 Å². The number of allylic oxidation sites excluding steroid dienone is 16. The van der Waals surface area contributed by atoms with Crippen molar-refractivity contribution < 1.29 is 0 Å². The minimum atomic E-state index is -0.0377. The van der Waals surface area contributed by atoms with Gasteiger partial charge in [0, 0.05) is 24.1 Å². The summed E-state index contributed by atoms with van der Waals surface area (Å²) in [5.41, 5.74) is 10.7. The number of nitrogens with one attached hydrogen (secondary N) is 1. The Balaban J connectivity index is 0.893. The van der Waals surface area contributed by atoms with Crippen LogP contribution < -0.4 is 5.32 Å². The molecule has 0 saturated heterocycles. The maximum Gasteiger partial charge on any atom is 0.150 e. The molecule has 4 nitrogen and oxygen atoms in total. The molecule has 7 atom stereocenters. The van der Waals surface area contributed by atoms with Crippen LogP contribution in [0.4, 0.5) is 0 Å². The van der Waals surface area contributed by atoms with Crippen molar-refractivity contribution in [2.75, 3.05) is 6.54 Å². The molecule has 0 aromatic heterocycles. The summed E-state index contributed by atoms with van der Waals surface area (Å²) in [6.45, 7) is 0.980. The van der Waals surface area contributed by atoms with Crippen molar-refractivity contribution in [2.45, 2.75) is 128 Å². The minimum absolute atomic E-state index is 0.0377. The number of hydrogen-bond donors (Lipinski definition) is 1. The van der Waals surface area contributed by atoms with Gasteiger partial charge in [-0.05, 0) is 162 Å². The standard InChI is InChI=1S/C50H62N4/c1-5-13-35(14-6-1)36-23-29-43(30-24-36)49-52-48(42-19-11-4-12-20-42)53-50(54-49)44-31-25-38(26-32-44)37-21-27-40(28-22-37)46-34-51-47(41-17-9-3-10-18-41)33-45(46)39-15-7-2-8-16-39/h1,3-5,9,11,15,17,19,23,25,27,29,31,35-37,43,45-46,49H,2,6-8,10,12-14,16,18,20-22,24,26,28,30,32-34H2,(H,52,53,54). The minimum Gasteiger partial charge on any atom is -0.325 e. The molecule has 4 heteroatoms. The van der Waals surface area contributed by atoms with E-state index in [1.807, 2.05) is 0 Å². The number of nitrogens with zero attached hydrogens (tertiary/aromatic N) is 3. The van der Waals surface area contributed by atoms with Crippen molar-refractivity contribution in [2.24, 2.45) is 50.5 Å². The van der Waals surface area contributed by atoms with E-state index >= 15 is 0 Å². The molecule has 9 aliphatic rings. The van der Waals surface area contributed by atoms with E-state index in [0.717, 1.165) is 69.1 Å². The van der Waals surface area contributed by atoms with Gasteiger partial charge in [0.2, 0.25) is 0 Å². The highest BCUT2D eigenvalue weighted by molar-refractivity contribution is 6.16. The number of hydrogen-bond acceptors (Lipinski definition) is 4. The van der Waals surface area contributed by atoms with Crippen LogP contribution in [0.3, 0.4) is 0 Å². The molecule has 9 rings (SSSR count). The molecular weight excluding hydrogens is 657 g/mol. The summed E-state index contributed by atoms with van der Waals surface area (Å²) in [5, 5.41) is 3.75. The smallest absolute Gasteiger partial charge is 0.150 e. The van der Waals surface area contributed by atoms with Crippen LogP contribution >= 0.6 is 0 Å². The second-order valence-corrected chi connectivity index (χ2v) is 17.6. The fraction of sp³-hybridized carbons (Fsp3) is 0.540. The molecule has 0 saturated carbocycles. The van der Waals surface area contributed by atoms with E-state index in [1.54, 1.807) is 16.7 Å². The first kappa shape index (κ1) is 35.9. The van der Waals surface area contributed by atoms with Crippen LogP contribution in [0.15, 0.2) is 133 Å². The summed E-state index contributed by atoms with van der Waals surface area (Å²) in [4.78, 5) is 16.0. The largest absolute Gasteiger partial charge is 0.325 e. The highest BCUT2D eigenvalue weighted by Crippen LogP contribution is 2.44. The molecule has 0 fully saturated rings. The molecule has 0 aromatic rings. The Bertz CT molecular complexity index is 1840. The summed E-state index contributed by atoms with van der Waals surface area (Å²) in [7, 11) is 0. The molecule has 0 radical (unpaired) electrons. The summed E-state index contributed by atoms with van der Waals surface area (Å²) >= 11 is 0. The van der Waals surface area contributed by atoms with Crippen molar-refractivity contribution in [3.8, 4) is 0 Å². The van der Waals surface area contributed by atoms with Gasteiger partial charge in [0.05, 0.1) is 0 Å². The third-order valence-electron chi connectivity index (χ3n) is 14.3. The molecule has 2 heterocycles. The predicted molar refractivity (Wildman–Crippen MR) is 228 cm³/mol. The van der Waals surface area contributed by atoms with Crippen molar-refractivity contribution in [1.82, 2.24) is 5.32 Å². The maximum absolute atomic E-state index is 5.37. The number of aliphatic imine (C=N–C) groups is 3. The molecule has 0 bridgehead atoms. The van der Waals surface area contributed by atoms with Gasteiger partial charge in [-0.1, -0.05) is 102 Å². The summed E-state index contributed by atoms with van der Waals surface area (Å²) in [6.07, 6.45) is 56.6. The summed E-state index contributed by atoms with van der Waals surface area (Å²) in [6, 6.07) is 0. The molecule has 2 aliphatic heterocycles. The zero-order chi connectivity index (χ0) is 36.1. The average Bonchev–Trinajstić information content (AvgIpc) is 3.27. The molecule has 1 N–H and O–H groups in total. The van der Waals surface area contributed by atoms with Gasteiger partial charge in [-0.25, -0.2) is 9.98 Å². The Kier molecular flexibility index (Phi) is 11.2. The highest BCUT2D eigenvalue weighted by Gasteiger charge is 2.36. The third kappa shape index (κ3) is 8.10. The van der Waals surface area contributed by atoms with E-state index < -0.39 is 0 Å². The Morgan fingerprint density at radius 3 is 2.02 bits per heavy atom. The topological polar surface area (TPSA) is 49.1 Å². The van der Waals surface area contributed by atoms with E-state index in [9.17, 15) is 0 Å². The molecule has 7 aliphatic carbocycles. The van der Waals surface area contributed by atoms with Crippen LogP contribution in [-0.4, -0.2) is 30.1 Å². The molecule has 0 spiro atoms. The van der Waals surface area contributed by atoms with Crippen LogP contribution in [0.2, 0.25) is 0 Å². The van der Waals surface area contributed by atoms with Crippen molar-refractivity contribution in [3.63, 3.8) is 0 Å². The zero-order valence-electron chi connectivity index (χ0n) is 32.6. The first-order valence-corrected chi connectivity index (χ1v) is 22.0. The van der Waals surface area contributed by atoms with E-state index in [1.165, 1.54) is 99.5 Å². The van der Waals surface area contributed by atoms with Gasteiger partial charge in [0.25, 0.3) is 0 Å². The molecule has 54 heavy (non-hydrogen) atoms. The lowest BCUT2D eigenvalue weighted by Crippen LogP contribution is -2.41. The SMILES string of the molecule is C1=CCCC(C2=NCC(C3=CCC(C4=CC=C(C5=NC(C6C=CC(C7CC=CCC7)CC6)N=C(C6=CC=CCC6)N5)CC4)CC3)C(C3=CCCCC3)C2)=C1. The molecule has 282 valence electrons. The average molecular weight is 719 g/mol. The lowest BCUT2D eigenvalue weighted by atomic mass is 9.69. The number of amidine groups is 2. The quantitative estimate of drug-likeness (QED) is 0.250. The lowest BCUT2D eigenvalue weighted by molar-refractivity contribution is 0.301. The molecular formula is C50H62N4. The van der Waals surface area contributed by atoms with Gasteiger partial charge in [0.1, 0.15) is 11.7 Å². The van der Waals surface area contributed by atoms with Crippen LogP contribution in [-0.2, 0) is 0 Å². The van der Waals surface area contributed by atoms with Crippen LogP contribution in [0.5, 0.6) is 0 Å². The third-order valence-corrected chi connectivity index (χ3v) is 14.3. The van der Waals surface area contributed by atoms with Crippen molar-refractivity contribution in [1.29, 1.82) is 0 Å². The van der Waals surface area contributed by atoms with E-state index in [4.69, 9.17) is 15.0 Å². The van der Waals surface area contributed by atoms with Crippen LogP contribution in [0.1, 0.15) is 122 Å². The fourth-order valence-electron chi connectivity index (χ4n) is 11.0. The van der Waals surface area contributed by atoms with Crippen LogP contribution in [0.25, 0.3) is 0 Å². The summed E-state index contributed by atoms with van der Waals surface area (Å²) in [5.74, 6) is 5.91. The van der Waals surface area contributed by atoms with E-state index in [-0.39, 0.29) is 6.17 Å². The Labute approximate surface area is 325 Å². The lowest BCUT2D eigenvalue weighted by Gasteiger charge is -2.38. The first-order valence-electron chi connectivity index (χ1n) is 22.0. The number of rotatable bonds is 8. The van der Waals surface area contributed by atoms with E-state index in [0.29, 0.717) is 29.6 Å². The second kappa shape index (κ2) is 16.9. The predicted octanol–water partition coefficient (Wildman–Crippen LogP) is 12.2. The Morgan fingerprint density at radius 1 is 0.556 bits per heavy atom. The molecule has 7 unspecified atom stereocenters. The normalized spacial score (nSPS) is 34.2. The molecule has 0 amide bonds. The van der Waals surface area contributed by atoms with Crippen molar-refractivity contribution >= 4 is 17.4 Å². The summed E-state index contributed by atoms with van der Waals surface area (Å²) < 4.78 is 0.